The molecule has 0 aromatic rings. The van der Waals surface area contributed by atoms with Crippen molar-refractivity contribution in [2.24, 2.45) is 34.0 Å². The summed E-state index contributed by atoms with van der Waals surface area (Å²) >= 11 is 0. The second-order valence-electron chi connectivity index (χ2n) is 10.9. The van der Waals surface area contributed by atoms with Crippen LogP contribution in [-0.2, 0) is 23.9 Å². The molecule has 0 unspecified atom stereocenters. The molecule has 0 aromatic heterocycles. The van der Waals surface area contributed by atoms with Gasteiger partial charge in [-0.2, -0.15) is 0 Å². The van der Waals surface area contributed by atoms with Crippen LogP contribution < -0.4 is 0 Å². The number of aliphatic hydroxyl groups is 1. The molecule has 4 aliphatic carbocycles. The molecular weight excluding hydrogens is 384 g/mol. The minimum absolute atomic E-state index is 0.0185. The molecule has 0 aliphatic heterocycles. The van der Waals surface area contributed by atoms with Crippen LogP contribution in [0.25, 0.3) is 0 Å². The normalized spacial score (nSPS) is 46.6. The van der Waals surface area contributed by atoms with Crippen molar-refractivity contribution in [2.45, 2.75) is 85.0 Å². The molecule has 4 saturated carbocycles. The van der Waals surface area contributed by atoms with E-state index in [1.165, 1.54) is 13.8 Å². The summed E-state index contributed by atoms with van der Waals surface area (Å²) in [4.78, 5) is 37.2. The van der Waals surface area contributed by atoms with Crippen molar-refractivity contribution < 1.29 is 29.0 Å². The van der Waals surface area contributed by atoms with Crippen LogP contribution in [0, 0.1) is 34.0 Å². The van der Waals surface area contributed by atoms with Crippen molar-refractivity contribution in [3.05, 3.63) is 12.2 Å². The van der Waals surface area contributed by atoms with Gasteiger partial charge in [0.25, 0.3) is 0 Å². The number of fused-ring (bicyclic) bond motifs is 3. The predicted octanol–water partition coefficient (Wildman–Crippen LogP) is 3.21. The van der Waals surface area contributed by atoms with E-state index in [1.807, 2.05) is 0 Å². The molecule has 1 N–H and O–H groups in total. The van der Waals surface area contributed by atoms with Gasteiger partial charge in [0.1, 0.15) is 12.2 Å². The van der Waals surface area contributed by atoms with Crippen LogP contribution in [0.3, 0.4) is 0 Å². The van der Waals surface area contributed by atoms with Crippen molar-refractivity contribution in [3.8, 4) is 0 Å². The van der Waals surface area contributed by atoms with Crippen molar-refractivity contribution >= 4 is 17.7 Å². The smallest absolute Gasteiger partial charge is 0.302 e. The van der Waals surface area contributed by atoms with Crippen LogP contribution in [0.1, 0.15) is 66.7 Å². The van der Waals surface area contributed by atoms with Gasteiger partial charge >= 0.3 is 11.9 Å². The van der Waals surface area contributed by atoms with Gasteiger partial charge < -0.3 is 14.6 Å². The second kappa shape index (κ2) is 6.65. The van der Waals surface area contributed by atoms with E-state index in [2.05, 4.69) is 27.4 Å². The van der Waals surface area contributed by atoms with Gasteiger partial charge in [0.05, 0.1) is 6.10 Å². The fraction of sp³-hybridized carbons (Fsp3) is 0.792. The average Bonchev–Trinajstić information content (AvgIpc) is 2.80. The summed E-state index contributed by atoms with van der Waals surface area (Å²) < 4.78 is 11.5. The first kappa shape index (κ1) is 21.5. The molecule has 0 amide bonds. The van der Waals surface area contributed by atoms with Crippen molar-refractivity contribution in [1.82, 2.24) is 0 Å². The Morgan fingerprint density at radius 2 is 1.73 bits per heavy atom. The summed E-state index contributed by atoms with van der Waals surface area (Å²) in [6, 6.07) is 0. The van der Waals surface area contributed by atoms with Crippen LogP contribution >= 0.6 is 0 Å². The molecular formula is C24H34O6. The predicted molar refractivity (Wildman–Crippen MR) is 109 cm³/mol. The van der Waals surface area contributed by atoms with E-state index in [1.54, 1.807) is 0 Å². The number of allylic oxidation sites excluding steroid dienone is 1. The molecule has 2 bridgehead atoms. The first-order valence-electron chi connectivity index (χ1n) is 11.1. The summed E-state index contributed by atoms with van der Waals surface area (Å²) in [5.74, 6) is -0.827. The van der Waals surface area contributed by atoms with Gasteiger partial charge in [0, 0.05) is 42.4 Å². The number of ether oxygens (including phenoxy) is 2. The standard InChI is InChI=1S/C24H34O6/c1-12-15-9-16(29-13(2)25)20-23(6)17(7-8-24(20,11-15)21(12)28)22(4,5)19(10-18(23)27)30-14(3)26/h15-20,27H,1,7-11H2,2-6H3/t15-,16+,17-,18+,19+,20+,23+,24-/m1/s1. The SMILES string of the molecule is C=C1C(=O)[C@@]23CC[C@@H]4C(C)(C)[C@@H](OC(C)=O)C[C@H](O)[C@@]4(C)[C@@H]2[C@@H](OC(C)=O)C[C@@H]1C3. The zero-order chi connectivity index (χ0) is 22.2. The highest BCUT2D eigenvalue weighted by molar-refractivity contribution is 6.03. The first-order valence-corrected chi connectivity index (χ1v) is 11.1. The van der Waals surface area contributed by atoms with Crippen LogP contribution in [-0.4, -0.2) is 41.1 Å². The lowest BCUT2D eigenvalue weighted by atomic mass is 9.39. The summed E-state index contributed by atoms with van der Waals surface area (Å²) in [5, 5.41) is 11.5. The van der Waals surface area contributed by atoms with Crippen LogP contribution in [0.15, 0.2) is 12.2 Å². The van der Waals surface area contributed by atoms with Crippen molar-refractivity contribution in [2.75, 3.05) is 0 Å². The minimum atomic E-state index is -0.765. The third-order valence-electron chi connectivity index (χ3n) is 9.14. The van der Waals surface area contributed by atoms with E-state index in [0.29, 0.717) is 24.8 Å². The van der Waals surface area contributed by atoms with Gasteiger partial charge in [-0.05, 0) is 43.1 Å². The average molecular weight is 419 g/mol. The van der Waals surface area contributed by atoms with Gasteiger partial charge in [-0.3, -0.25) is 14.4 Å². The highest BCUT2D eigenvalue weighted by atomic mass is 16.5. The summed E-state index contributed by atoms with van der Waals surface area (Å²) in [5.41, 5.74) is -0.989. The molecule has 30 heavy (non-hydrogen) atoms. The van der Waals surface area contributed by atoms with E-state index in [-0.39, 0.29) is 40.9 Å². The summed E-state index contributed by atoms with van der Waals surface area (Å²) in [6.07, 6.45) is 1.49. The maximum atomic E-state index is 13.5. The lowest BCUT2D eigenvalue weighted by Crippen LogP contribution is -2.68. The third-order valence-corrected chi connectivity index (χ3v) is 9.14. The summed E-state index contributed by atoms with van der Waals surface area (Å²) in [7, 11) is 0. The maximum Gasteiger partial charge on any atom is 0.302 e. The Labute approximate surface area is 178 Å². The Hall–Kier alpha value is -1.69. The Kier molecular flexibility index (Phi) is 4.78. The molecule has 1 spiro atoms. The fourth-order valence-electron chi connectivity index (χ4n) is 8.05. The number of aliphatic hydroxyl groups excluding tert-OH is 1. The van der Waals surface area contributed by atoms with E-state index >= 15 is 0 Å². The number of carbonyl (C=O) groups is 3. The zero-order valence-corrected chi connectivity index (χ0v) is 18.7. The number of Topliss-reactive ketones (excluding diaryl/α,β-unsaturated/α-hetero) is 1. The van der Waals surface area contributed by atoms with Crippen LogP contribution in [0.2, 0.25) is 0 Å². The van der Waals surface area contributed by atoms with Crippen molar-refractivity contribution in [1.29, 1.82) is 0 Å². The lowest BCUT2D eigenvalue weighted by molar-refractivity contribution is -0.253. The molecule has 166 valence electrons. The van der Waals surface area contributed by atoms with E-state index in [9.17, 15) is 19.5 Å². The Morgan fingerprint density at radius 3 is 2.33 bits per heavy atom. The molecule has 0 saturated heterocycles. The van der Waals surface area contributed by atoms with E-state index < -0.39 is 29.1 Å². The molecule has 0 radical (unpaired) electrons. The Morgan fingerprint density at radius 1 is 1.10 bits per heavy atom. The quantitative estimate of drug-likeness (QED) is 0.547. The van der Waals surface area contributed by atoms with Crippen LogP contribution in [0.5, 0.6) is 0 Å². The van der Waals surface area contributed by atoms with Gasteiger partial charge in [0.15, 0.2) is 5.78 Å². The molecule has 6 nitrogen and oxygen atoms in total. The second-order valence-corrected chi connectivity index (χ2v) is 10.9. The topological polar surface area (TPSA) is 89.9 Å². The first-order chi connectivity index (χ1) is 13.9. The minimum Gasteiger partial charge on any atom is -0.462 e. The number of carbonyl (C=O) groups excluding carboxylic acids is 3. The van der Waals surface area contributed by atoms with Gasteiger partial charge in [0.2, 0.25) is 0 Å². The Bertz CT molecular complexity index is 815. The van der Waals surface area contributed by atoms with Gasteiger partial charge in [-0.15, -0.1) is 0 Å². The molecule has 8 atom stereocenters. The maximum absolute atomic E-state index is 13.5. The number of hydrogen-bond donors (Lipinski definition) is 1. The number of hydrogen-bond acceptors (Lipinski definition) is 6. The number of ketones is 1. The third kappa shape index (κ3) is 2.68. The molecule has 4 fully saturated rings. The van der Waals surface area contributed by atoms with Crippen LogP contribution in [0.4, 0.5) is 0 Å². The molecule has 0 aromatic carbocycles. The van der Waals surface area contributed by atoms with Gasteiger partial charge in [-0.1, -0.05) is 27.4 Å². The monoisotopic (exact) mass is 418 g/mol. The molecule has 4 aliphatic rings. The lowest BCUT2D eigenvalue weighted by Gasteiger charge is -2.66. The highest BCUT2D eigenvalue weighted by Gasteiger charge is 2.73. The molecule has 0 heterocycles. The highest BCUT2D eigenvalue weighted by Crippen LogP contribution is 2.71. The zero-order valence-electron chi connectivity index (χ0n) is 18.7. The number of rotatable bonds is 2. The van der Waals surface area contributed by atoms with Gasteiger partial charge in [-0.25, -0.2) is 0 Å². The van der Waals surface area contributed by atoms with E-state index in [4.69, 9.17) is 9.47 Å². The molecule has 6 heteroatoms. The number of esters is 2. The summed E-state index contributed by atoms with van der Waals surface area (Å²) in [6.45, 7) is 13.1. The Balaban J connectivity index is 1.83. The fourth-order valence-corrected chi connectivity index (χ4v) is 8.05. The largest absolute Gasteiger partial charge is 0.462 e. The molecule has 4 rings (SSSR count). The van der Waals surface area contributed by atoms with E-state index in [0.717, 1.165) is 12.8 Å². The van der Waals surface area contributed by atoms with Crippen molar-refractivity contribution in [3.63, 3.8) is 0 Å².